The fourth-order valence-corrected chi connectivity index (χ4v) is 1.56. The van der Waals surface area contributed by atoms with Crippen LogP contribution in [0.25, 0.3) is 0 Å². The lowest BCUT2D eigenvalue weighted by Crippen LogP contribution is -1.99. The van der Waals surface area contributed by atoms with Crippen LogP contribution in [0.15, 0.2) is 29.9 Å². The van der Waals surface area contributed by atoms with Crippen LogP contribution in [-0.2, 0) is 0 Å². The summed E-state index contributed by atoms with van der Waals surface area (Å²) in [7, 11) is 2.75. The number of hydrogen-bond acceptors (Lipinski definition) is 7. The molecule has 0 N–H and O–H groups in total. The molecule has 1 aromatic heterocycles. The average molecular weight is 277 g/mol. The molecule has 0 aliphatic rings. The number of ether oxygens (including phenoxy) is 2. The van der Waals surface area contributed by atoms with Gasteiger partial charge in [-0.3, -0.25) is 10.1 Å². The first-order chi connectivity index (χ1) is 9.65. The zero-order valence-corrected chi connectivity index (χ0v) is 10.8. The van der Waals surface area contributed by atoms with Gasteiger partial charge in [0.1, 0.15) is 12.7 Å². The maximum atomic E-state index is 11.0. The second-order valence-electron chi connectivity index (χ2n) is 3.62. The Hall–Kier alpha value is -2.97. The fourth-order valence-electron chi connectivity index (χ4n) is 1.56. The average Bonchev–Trinajstić information content (AvgIpc) is 2.97. The van der Waals surface area contributed by atoms with E-state index in [1.807, 2.05) is 0 Å². The molecule has 0 unspecified atom stereocenters. The van der Waals surface area contributed by atoms with Gasteiger partial charge in [-0.15, -0.1) is 10.2 Å². The second-order valence-corrected chi connectivity index (χ2v) is 3.62. The molecular weight excluding hydrogens is 266 g/mol. The van der Waals surface area contributed by atoms with Gasteiger partial charge in [0.15, 0.2) is 5.75 Å². The van der Waals surface area contributed by atoms with Crippen LogP contribution in [0.5, 0.6) is 11.5 Å². The molecule has 2 rings (SSSR count). The van der Waals surface area contributed by atoms with Crippen LogP contribution in [0, 0.1) is 10.1 Å². The Morgan fingerprint density at radius 1 is 1.30 bits per heavy atom. The molecule has 0 saturated heterocycles. The van der Waals surface area contributed by atoms with Crippen molar-refractivity contribution in [3.8, 4) is 11.5 Å². The van der Waals surface area contributed by atoms with Crippen molar-refractivity contribution in [2.45, 2.75) is 0 Å². The lowest BCUT2D eigenvalue weighted by atomic mass is 10.2. The zero-order valence-electron chi connectivity index (χ0n) is 10.8. The third kappa shape index (κ3) is 2.71. The van der Waals surface area contributed by atoms with Crippen molar-refractivity contribution in [1.82, 2.24) is 14.9 Å². The highest BCUT2D eigenvalue weighted by atomic mass is 16.6. The van der Waals surface area contributed by atoms with Crippen LogP contribution in [0.3, 0.4) is 0 Å². The summed E-state index contributed by atoms with van der Waals surface area (Å²) in [4.78, 5) is 10.5. The van der Waals surface area contributed by atoms with E-state index in [0.29, 0.717) is 5.56 Å². The molecule has 1 heterocycles. The first kappa shape index (κ1) is 13.5. The molecule has 0 aliphatic carbocycles. The Morgan fingerprint density at radius 2 is 2.00 bits per heavy atom. The van der Waals surface area contributed by atoms with Gasteiger partial charge in [-0.2, -0.15) is 5.10 Å². The molecule has 0 fully saturated rings. The molecule has 9 nitrogen and oxygen atoms in total. The molecule has 0 amide bonds. The minimum Gasteiger partial charge on any atom is -0.493 e. The van der Waals surface area contributed by atoms with Gasteiger partial charge < -0.3 is 9.47 Å². The monoisotopic (exact) mass is 277 g/mol. The molecule has 2 aromatic rings. The Kier molecular flexibility index (Phi) is 3.89. The predicted molar refractivity (Wildman–Crippen MR) is 69.2 cm³/mol. The maximum absolute atomic E-state index is 11.0. The van der Waals surface area contributed by atoms with Gasteiger partial charge in [0.25, 0.3) is 0 Å². The van der Waals surface area contributed by atoms with Crippen molar-refractivity contribution in [3.05, 3.63) is 40.5 Å². The van der Waals surface area contributed by atoms with E-state index in [1.165, 1.54) is 43.8 Å². The molecule has 0 spiro atoms. The summed E-state index contributed by atoms with van der Waals surface area (Å²) in [6, 6.07) is 2.93. The lowest BCUT2D eigenvalue weighted by Gasteiger charge is -2.08. The molecule has 104 valence electrons. The topological polar surface area (TPSA) is 105 Å². The number of nitrogens with zero attached hydrogens (tertiary/aromatic N) is 5. The highest BCUT2D eigenvalue weighted by Crippen LogP contribution is 2.37. The smallest absolute Gasteiger partial charge is 0.315 e. The van der Waals surface area contributed by atoms with Crippen LogP contribution < -0.4 is 9.47 Å². The first-order valence-corrected chi connectivity index (χ1v) is 5.45. The van der Waals surface area contributed by atoms with Gasteiger partial charge in [0, 0.05) is 11.6 Å². The summed E-state index contributed by atoms with van der Waals surface area (Å²) in [5.41, 5.74) is 0.292. The SMILES string of the molecule is COc1cc(/C=N/n2cnnc2)cc([N+](=O)[O-])c1OC. The van der Waals surface area contributed by atoms with Crippen LogP contribution in [0.2, 0.25) is 0 Å². The van der Waals surface area contributed by atoms with Crippen LogP contribution in [0.1, 0.15) is 5.56 Å². The van der Waals surface area contributed by atoms with Gasteiger partial charge in [-0.05, 0) is 6.07 Å². The van der Waals surface area contributed by atoms with E-state index < -0.39 is 4.92 Å². The van der Waals surface area contributed by atoms with Crippen molar-refractivity contribution in [2.24, 2.45) is 5.10 Å². The number of aromatic nitrogens is 3. The third-order valence-corrected chi connectivity index (χ3v) is 2.43. The second kappa shape index (κ2) is 5.78. The molecular formula is C11H11N5O4. The van der Waals surface area contributed by atoms with E-state index in [2.05, 4.69) is 15.3 Å². The molecule has 0 atom stereocenters. The summed E-state index contributed by atoms with van der Waals surface area (Å²) in [6.45, 7) is 0. The quantitative estimate of drug-likeness (QED) is 0.460. The van der Waals surface area contributed by atoms with E-state index >= 15 is 0 Å². The van der Waals surface area contributed by atoms with Crippen molar-refractivity contribution in [2.75, 3.05) is 14.2 Å². The van der Waals surface area contributed by atoms with Crippen molar-refractivity contribution in [1.29, 1.82) is 0 Å². The number of rotatable bonds is 5. The fraction of sp³-hybridized carbons (Fsp3) is 0.182. The van der Waals surface area contributed by atoms with Gasteiger partial charge >= 0.3 is 5.69 Å². The van der Waals surface area contributed by atoms with Crippen LogP contribution in [-0.4, -0.2) is 40.2 Å². The molecule has 0 bridgehead atoms. The van der Waals surface area contributed by atoms with Gasteiger partial charge in [0.2, 0.25) is 5.75 Å². The van der Waals surface area contributed by atoms with E-state index in [0.717, 1.165) is 0 Å². The normalized spacial score (nSPS) is 10.7. The maximum Gasteiger partial charge on any atom is 0.315 e. The first-order valence-electron chi connectivity index (χ1n) is 5.45. The Morgan fingerprint density at radius 3 is 2.55 bits per heavy atom. The van der Waals surface area contributed by atoms with Gasteiger partial charge in [-0.25, -0.2) is 4.68 Å². The number of nitro groups is 1. The molecule has 1 aromatic carbocycles. The largest absolute Gasteiger partial charge is 0.493 e. The number of methoxy groups -OCH3 is 2. The third-order valence-electron chi connectivity index (χ3n) is 2.43. The summed E-state index contributed by atoms with van der Waals surface area (Å²) in [5.74, 6) is 0.325. The molecule has 9 heteroatoms. The van der Waals surface area contributed by atoms with Crippen LogP contribution >= 0.6 is 0 Å². The molecule has 0 aliphatic heterocycles. The van der Waals surface area contributed by atoms with E-state index in [9.17, 15) is 10.1 Å². The molecule has 0 radical (unpaired) electrons. The Bertz CT molecular complexity index is 639. The van der Waals surface area contributed by atoms with Gasteiger partial charge in [0.05, 0.1) is 25.4 Å². The molecule has 20 heavy (non-hydrogen) atoms. The summed E-state index contributed by atoms with van der Waals surface area (Å²) < 4.78 is 11.4. The van der Waals surface area contributed by atoms with Gasteiger partial charge in [-0.1, -0.05) is 0 Å². The minimum atomic E-state index is -0.544. The standard InChI is InChI=1S/C11H11N5O4/c1-19-10-4-8(5-14-15-6-12-13-7-15)3-9(16(17)18)11(10)20-2/h3-7H,1-2H3/b14-5+. The zero-order chi connectivity index (χ0) is 14.5. The van der Waals surface area contributed by atoms with Crippen molar-refractivity contribution < 1.29 is 14.4 Å². The number of benzene rings is 1. The van der Waals surface area contributed by atoms with Crippen molar-refractivity contribution in [3.63, 3.8) is 0 Å². The minimum absolute atomic E-state index is 0.0685. The molecule has 0 saturated carbocycles. The van der Waals surface area contributed by atoms with E-state index in [-0.39, 0.29) is 17.2 Å². The lowest BCUT2D eigenvalue weighted by molar-refractivity contribution is -0.385. The van der Waals surface area contributed by atoms with Crippen LogP contribution in [0.4, 0.5) is 5.69 Å². The predicted octanol–water partition coefficient (Wildman–Crippen LogP) is 1.09. The Balaban J connectivity index is 2.44. The summed E-state index contributed by atoms with van der Waals surface area (Å²) in [6.07, 6.45) is 4.22. The highest BCUT2D eigenvalue weighted by Gasteiger charge is 2.20. The highest BCUT2D eigenvalue weighted by molar-refractivity contribution is 5.83. The number of nitro benzene ring substituents is 1. The van der Waals surface area contributed by atoms with E-state index in [4.69, 9.17) is 9.47 Å². The Labute approximate surface area is 113 Å². The summed E-state index contributed by atoms with van der Waals surface area (Å²) in [5, 5.41) is 22.2. The van der Waals surface area contributed by atoms with E-state index in [1.54, 1.807) is 6.07 Å². The number of hydrogen-bond donors (Lipinski definition) is 0. The van der Waals surface area contributed by atoms with Crippen molar-refractivity contribution >= 4 is 11.9 Å². The summed E-state index contributed by atoms with van der Waals surface area (Å²) >= 11 is 0.